The first-order chi connectivity index (χ1) is 14.2. The second-order valence-corrected chi connectivity index (χ2v) is 7.07. The molecular weight excluding hydrogens is 428 g/mol. The van der Waals surface area contributed by atoms with Crippen molar-refractivity contribution in [2.45, 2.75) is 39.7 Å². The fourth-order valence-corrected chi connectivity index (χ4v) is 3.26. The Morgan fingerprint density at radius 1 is 1.13 bits per heavy atom. The highest BCUT2D eigenvalue weighted by Crippen LogP contribution is 2.40. The van der Waals surface area contributed by atoms with Gasteiger partial charge in [-0.2, -0.15) is 0 Å². The molecule has 1 aliphatic heterocycles. The summed E-state index contributed by atoms with van der Waals surface area (Å²) in [6.45, 7) is 7.05. The fourth-order valence-electron chi connectivity index (χ4n) is 3.26. The van der Waals surface area contributed by atoms with Crippen LogP contribution in [0.3, 0.4) is 0 Å². The van der Waals surface area contributed by atoms with Crippen LogP contribution >= 0.6 is 12.4 Å². The lowest BCUT2D eigenvalue weighted by Crippen LogP contribution is -2.33. The average molecular weight is 455 g/mol. The maximum atomic E-state index is 12.9. The Labute approximate surface area is 187 Å². The Morgan fingerprint density at radius 3 is 2.29 bits per heavy atom. The van der Waals surface area contributed by atoms with Crippen molar-refractivity contribution in [1.29, 1.82) is 0 Å². The molecule has 0 bridgehead atoms. The number of esters is 2. The van der Waals surface area contributed by atoms with E-state index in [1.54, 1.807) is 33.8 Å². The third kappa shape index (κ3) is 6.28. The molecule has 1 aromatic rings. The van der Waals surface area contributed by atoms with Gasteiger partial charge in [-0.05, 0) is 33.3 Å². The van der Waals surface area contributed by atoms with Crippen LogP contribution in [-0.2, 0) is 23.8 Å². The van der Waals surface area contributed by atoms with Crippen LogP contribution in [-0.4, -0.2) is 43.3 Å². The summed E-state index contributed by atoms with van der Waals surface area (Å²) in [6.07, 6.45) is -0.382. The minimum absolute atomic E-state index is 0. The zero-order valence-corrected chi connectivity index (χ0v) is 18.9. The lowest BCUT2D eigenvalue weighted by Gasteiger charge is -2.30. The van der Waals surface area contributed by atoms with Gasteiger partial charge in [-0.25, -0.2) is 9.59 Å². The van der Waals surface area contributed by atoms with E-state index in [0.717, 1.165) is 0 Å². The number of methoxy groups -OCH3 is 1. The molecule has 0 aromatic heterocycles. The largest absolute Gasteiger partial charge is 0.460 e. The van der Waals surface area contributed by atoms with Crippen molar-refractivity contribution in [2.75, 3.05) is 20.3 Å². The van der Waals surface area contributed by atoms with E-state index >= 15 is 0 Å². The van der Waals surface area contributed by atoms with Gasteiger partial charge in [-0.15, -0.1) is 12.4 Å². The van der Waals surface area contributed by atoms with Crippen molar-refractivity contribution >= 4 is 30.0 Å². The monoisotopic (exact) mass is 454 g/mol. The average Bonchev–Trinajstić information content (AvgIpc) is 2.66. The standard InChI is InChI=1S/C21H26N2O7.ClH/c1-12(2)30-21(25)18-14(4)22-13(3)17(20(24)29-10-9-28-5)19(18)15-7-6-8-16(11-15)23(26)27;/h6-8,11-12,19,22H,9-10H2,1-5H3;1H. The number of benzene rings is 1. The van der Waals surface area contributed by atoms with Gasteiger partial charge in [0, 0.05) is 30.6 Å². The molecule has 170 valence electrons. The predicted molar refractivity (Wildman–Crippen MR) is 116 cm³/mol. The van der Waals surface area contributed by atoms with E-state index in [-0.39, 0.29) is 48.6 Å². The number of nitro groups is 1. The van der Waals surface area contributed by atoms with Crippen molar-refractivity contribution in [2.24, 2.45) is 0 Å². The number of hydrogen-bond acceptors (Lipinski definition) is 8. The van der Waals surface area contributed by atoms with E-state index in [4.69, 9.17) is 14.2 Å². The molecule has 1 aromatic carbocycles. The number of hydrogen-bond donors (Lipinski definition) is 1. The number of rotatable bonds is 8. The zero-order valence-electron chi connectivity index (χ0n) is 18.1. The molecule has 1 N–H and O–H groups in total. The highest BCUT2D eigenvalue weighted by atomic mass is 35.5. The molecule has 2 rings (SSSR count). The molecule has 0 fully saturated rings. The van der Waals surface area contributed by atoms with Crippen LogP contribution in [0.1, 0.15) is 39.2 Å². The molecule has 0 radical (unpaired) electrons. The summed E-state index contributed by atoms with van der Waals surface area (Å²) in [6, 6.07) is 5.84. The van der Waals surface area contributed by atoms with E-state index in [2.05, 4.69) is 5.32 Å². The van der Waals surface area contributed by atoms with Gasteiger partial charge in [-0.3, -0.25) is 10.1 Å². The van der Waals surface area contributed by atoms with E-state index in [9.17, 15) is 19.7 Å². The topological polar surface area (TPSA) is 117 Å². The maximum absolute atomic E-state index is 12.9. The van der Waals surface area contributed by atoms with Crippen molar-refractivity contribution in [3.05, 3.63) is 62.5 Å². The Hall–Kier alpha value is -2.91. The smallest absolute Gasteiger partial charge is 0.337 e. The van der Waals surface area contributed by atoms with E-state index in [1.165, 1.54) is 25.3 Å². The number of nitro benzene ring substituents is 1. The molecular formula is C21H27ClN2O7. The van der Waals surface area contributed by atoms with Crippen molar-refractivity contribution in [1.82, 2.24) is 5.32 Å². The van der Waals surface area contributed by atoms with Gasteiger partial charge in [0.15, 0.2) is 0 Å². The summed E-state index contributed by atoms with van der Waals surface area (Å²) < 4.78 is 15.6. The van der Waals surface area contributed by atoms with E-state index in [0.29, 0.717) is 17.0 Å². The molecule has 0 saturated carbocycles. The van der Waals surface area contributed by atoms with Crippen LogP contribution in [0, 0.1) is 10.1 Å². The summed E-state index contributed by atoms with van der Waals surface area (Å²) in [4.78, 5) is 36.6. The summed E-state index contributed by atoms with van der Waals surface area (Å²) >= 11 is 0. The number of ether oxygens (including phenoxy) is 3. The van der Waals surface area contributed by atoms with Gasteiger partial charge in [0.25, 0.3) is 5.69 Å². The summed E-state index contributed by atoms with van der Waals surface area (Å²) in [5.41, 5.74) is 1.65. The van der Waals surface area contributed by atoms with Gasteiger partial charge in [0.05, 0.1) is 34.7 Å². The lowest BCUT2D eigenvalue weighted by molar-refractivity contribution is -0.384. The van der Waals surface area contributed by atoms with E-state index in [1.807, 2.05) is 0 Å². The molecule has 0 saturated heterocycles. The number of non-ortho nitro benzene ring substituents is 1. The molecule has 1 heterocycles. The zero-order chi connectivity index (χ0) is 22.4. The third-order valence-corrected chi connectivity index (χ3v) is 4.48. The van der Waals surface area contributed by atoms with E-state index < -0.39 is 22.8 Å². The number of halogens is 1. The molecule has 0 amide bonds. The number of nitrogens with one attached hydrogen (secondary N) is 1. The van der Waals surface area contributed by atoms with Gasteiger partial charge in [-0.1, -0.05) is 12.1 Å². The Kier molecular flexibility index (Phi) is 9.67. The van der Waals surface area contributed by atoms with Gasteiger partial charge >= 0.3 is 11.9 Å². The highest BCUT2D eigenvalue weighted by molar-refractivity contribution is 6.00. The maximum Gasteiger partial charge on any atom is 0.337 e. The number of allylic oxidation sites excluding steroid dienone is 2. The molecule has 1 unspecified atom stereocenters. The molecule has 0 aliphatic carbocycles. The first-order valence-electron chi connectivity index (χ1n) is 9.47. The Balaban J connectivity index is 0.00000480. The van der Waals surface area contributed by atoms with Crippen LogP contribution in [0.4, 0.5) is 5.69 Å². The Morgan fingerprint density at radius 2 is 1.74 bits per heavy atom. The van der Waals surface area contributed by atoms with Gasteiger partial charge < -0.3 is 19.5 Å². The summed E-state index contributed by atoms with van der Waals surface area (Å²) in [5.74, 6) is -2.13. The number of dihydropyridines is 1. The predicted octanol–water partition coefficient (Wildman–Crippen LogP) is 3.39. The van der Waals surface area contributed by atoms with Gasteiger partial charge in [0.2, 0.25) is 0 Å². The van der Waals surface area contributed by atoms with Crippen molar-refractivity contribution in [3.63, 3.8) is 0 Å². The quantitative estimate of drug-likeness (QED) is 0.275. The third-order valence-electron chi connectivity index (χ3n) is 4.48. The molecule has 31 heavy (non-hydrogen) atoms. The van der Waals surface area contributed by atoms with Crippen LogP contribution in [0.5, 0.6) is 0 Å². The number of carbonyl (C=O) groups excluding carboxylic acids is 2. The van der Waals surface area contributed by atoms with Crippen LogP contribution in [0.15, 0.2) is 46.8 Å². The summed E-state index contributed by atoms with van der Waals surface area (Å²) in [7, 11) is 1.48. The second kappa shape index (κ2) is 11.5. The first kappa shape index (κ1) is 26.1. The Bertz CT molecular complexity index is 909. The first-order valence-corrected chi connectivity index (χ1v) is 9.47. The molecule has 10 heteroatoms. The minimum Gasteiger partial charge on any atom is -0.460 e. The molecule has 9 nitrogen and oxygen atoms in total. The summed E-state index contributed by atoms with van der Waals surface area (Å²) in [5, 5.41) is 14.3. The lowest BCUT2D eigenvalue weighted by atomic mass is 9.80. The van der Waals surface area contributed by atoms with Crippen LogP contribution in [0.2, 0.25) is 0 Å². The number of carbonyl (C=O) groups is 2. The highest BCUT2D eigenvalue weighted by Gasteiger charge is 2.38. The number of nitrogens with zero attached hydrogens (tertiary/aromatic N) is 1. The van der Waals surface area contributed by atoms with Crippen molar-refractivity contribution < 1.29 is 28.7 Å². The molecule has 1 aliphatic rings. The SMILES string of the molecule is COCCOC(=O)C1=C(C)NC(C)=C(C(=O)OC(C)C)C1c1cccc([N+](=O)[O-])c1.Cl. The van der Waals surface area contributed by atoms with Gasteiger partial charge in [0.1, 0.15) is 6.61 Å². The van der Waals surface area contributed by atoms with Crippen LogP contribution in [0.25, 0.3) is 0 Å². The minimum atomic E-state index is -0.882. The normalized spacial score (nSPS) is 15.9. The second-order valence-electron chi connectivity index (χ2n) is 7.07. The van der Waals surface area contributed by atoms with Crippen LogP contribution < -0.4 is 5.32 Å². The fraction of sp³-hybridized carbons (Fsp3) is 0.429. The molecule has 0 spiro atoms. The molecule has 1 atom stereocenters. The van der Waals surface area contributed by atoms with Crippen molar-refractivity contribution in [3.8, 4) is 0 Å².